The van der Waals surface area contributed by atoms with Gasteiger partial charge in [0.25, 0.3) is 0 Å². The summed E-state index contributed by atoms with van der Waals surface area (Å²) in [7, 11) is 0. The van der Waals surface area contributed by atoms with E-state index in [0.717, 1.165) is 31.2 Å². The molecule has 0 N–H and O–H groups in total. The van der Waals surface area contributed by atoms with Crippen LogP contribution in [0.4, 0.5) is 10.9 Å². The summed E-state index contributed by atoms with van der Waals surface area (Å²) < 4.78 is 5.02. The minimum atomic E-state index is -0.595. The summed E-state index contributed by atoms with van der Waals surface area (Å²) in [5, 5.41) is 20.5. The summed E-state index contributed by atoms with van der Waals surface area (Å²) in [4.78, 5) is 15.5. The van der Waals surface area contributed by atoms with Gasteiger partial charge in [-0.15, -0.1) is 11.3 Å². The van der Waals surface area contributed by atoms with Crippen molar-refractivity contribution >= 4 is 28.4 Å². The van der Waals surface area contributed by atoms with E-state index in [1.165, 1.54) is 34.6 Å². The van der Waals surface area contributed by atoms with Gasteiger partial charge in [0.05, 0.1) is 17.8 Å². The lowest BCUT2D eigenvalue weighted by Crippen LogP contribution is -1.99. The Balaban J connectivity index is 1.90. The summed E-state index contributed by atoms with van der Waals surface area (Å²) in [5.41, 5.74) is 1.75. The van der Waals surface area contributed by atoms with Crippen LogP contribution in [0.3, 0.4) is 0 Å². The Morgan fingerprint density at radius 2 is 2.24 bits per heavy atom. The Labute approximate surface area is 124 Å². The molecule has 0 radical (unpaired) electrons. The monoisotopic (exact) mass is 301 g/mol. The highest BCUT2D eigenvalue weighted by atomic mass is 32.1. The molecule has 0 spiro atoms. The van der Waals surface area contributed by atoms with Gasteiger partial charge in [0.15, 0.2) is 5.76 Å². The van der Waals surface area contributed by atoms with Gasteiger partial charge in [-0.25, -0.2) is 4.99 Å². The third-order valence-corrected chi connectivity index (χ3v) is 4.57. The van der Waals surface area contributed by atoms with Crippen molar-refractivity contribution in [3.8, 4) is 6.07 Å². The number of nitrogens with zero attached hydrogens (tertiary/aromatic N) is 3. The molecular weight excluding hydrogens is 290 g/mol. The molecule has 1 aliphatic carbocycles. The first kappa shape index (κ1) is 13.5. The summed E-state index contributed by atoms with van der Waals surface area (Å²) >= 11 is 1.52. The zero-order chi connectivity index (χ0) is 14.8. The lowest BCUT2D eigenvalue weighted by Gasteiger charge is -2.09. The maximum Gasteiger partial charge on any atom is 0.433 e. The van der Waals surface area contributed by atoms with Crippen molar-refractivity contribution in [2.75, 3.05) is 0 Å². The molecule has 0 fully saturated rings. The maximum absolute atomic E-state index is 10.5. The Morgan fingerprint density at radius 3 is 2.95 bits per heavy atom. The topological polar surface area (TPSA) is 92.4 Å². The van der Waals surface area contributed by atoms with E-state index >= 15 is 0 Å². The number of fused-ring (bicyclic) bond motifs is 1. The standard InChI is InChI=1S/C14H11N3O3S/c15-7-11-10-3-1-2-4-12(10)21-14(11)16-8-9-5-6-13(20-9)17(18)19/h5-6,8H,1-4H2. The Morgan fingerprint density at radius 1 is 1.43 bits per heavy atom. The van der Waals surface area contributed by atoms with Crippen molar-refractivity contribution in [2.24, 2.45) is 4.99 Å². The fraction of sp³-hybridized carbons (Fsp3) is 0.286. The molecule has 7 heteroatoms. The van der Waals surface area contributed by atoms with E-state index in [2.05, 4.69) is 11.1 Å². The fourth-order valence-corrected chi connectivity index (χ4v) is 3.57. The van der Waals surface area contributed by atoms with Gasteiger partial charge >= 0.3 is 5.88 Å². The zero-order valence-corrected chi connectivity index (χ0v) is 11.9. The minimum Gasteiger partial charge on any atom is -0.400 e. The molecule has 2 heterocycles. The third-order valence-electron chi connectivity index (χ3n) is 3.37. The second-order valence-corrected chi connectivity index (χ2v) is 5.78. The van der Waals surface area contributed by atoms with Crippen molar-refractivity contribution < 1.29 is 9.34 Å². The molecule has 0 saturated carbocycles. The smallest absolute Gasteiger partial charge is 0.400 e. The van der Waals surface area contributed by atoms with Crippen LogP contribution in [0.2, 0.25) is 0 Å². The van der Waals surface area contributed by atoms with E-state index in [1.54, 1.807) is 0 Å². The van der Waals surface area contributed by atoms with Crippen LogP contribution in [-0.4, -0.2) is 11.1 Å². The Kier molecular flexibility index (Phi) is 3.54. The lowest BCUT2D eigenvalue weighted by molar-refractivity contribution is -0.402. The highest BCUT2D eigenvalue weighted by Crippen LogP contribution is 2.39. The molecule has 0 aromatic carbocycles. The van der Waals surface area contributed by atoms with Crippen molar-refractivity contribution in [1.29, 1.82) is 5.26 Å². The molecule has 0 atom stereocenters. The average Bonchev–Trinajstić information content (AvgIpc) is 3.09. The number of aryl methyl sites for hydroxylation is 1. The maximum atomic E-state index is 10.5. The van der Waals surface area contributed by atoms with Crippen molar-refractivity contribution in [3.63, 3.8) is 0 Å². The van der Waals surface area contributed by atoms with E-state index in [-0.39, 0.29) is 5.88 Å². The van der Waals surface area contributed by atoms with Crippen LogP contribution in [0.1, 0.15) is 34.6 Å². The SMILES string of the molecule is N#Cc1c(N=Cc2ccc([N+](=O)[O-])o2)sc2c1CCCC2. The molecule has 0 aliphatic heterocycles. The van der Waals surface area contributed by atoms with E-state index in [4.69, 9.17) is 4.42 Å². The molecule has 0 unspecified atom stereocenters. The van der Waals surface area contributed by atoms with Gasteiger partial charge < -0.3 is 4.42 Å². The van der Waals surface area contributed by atoms with Crippen LogP contribution in [0.15, 0.2) is 21.5 Å². The number of thiophene rings is 1. The van der Waals surface area contributed by atoms with Crippen molar-refractivity contribution in [3.05, 3.63) is 44.0 Å². The number of hydrogen-bond acceptors (Lipinski definition) is 6. The van der Waals surface area contributed by atoms with Crippen molar-refractivity contribution in [1.82, 2.24) is 0 Å². The van der Waals surface area contributed by atoms with Crippen LogP contribution in [0.25, 0.3) is 0 Å². The van der Waals surface area contributed by atoms with Gasteiger partial charge in [0, 0.05) is 4.88 Å². The molecule has 106 valence electrons. The largest absolute Gasteiger partial charge is 0.433 e. The van der Waals surface area contributed by atoms with Crippen LogP contribution >= 0.6 is 11.3 Å². The number of rotatable bonds is 3. The van der Waals surface area contributed by atoms with Gasteiger partial charge in [-0.1, -0.05) is 0 Å². The molecule has 1 aliphatic rings. The van der Waals surface area contributed by atoms with Crippen LogP contribution in [0.5, 0.6) is 0 Å². The fourth-order valence-electron chi connectivity index (χ4n) is 2.39. The van der Waals surface area contributed by atoms with Gasteiger partial charge in [-0.2, -0.15) is 5.26 Å². The van der Waals surface area contributed by atoms with Gasteiger partial charge in [0.2, 0.25) is 0 Å². The van der Waals surface area contributed by atoms with Crippen LogP contribution in [0, 0.1) is 21.4 Å². The molecule has 0 saturated heterocycles. The van der Waals surface area contributed by atoms with Crippen LogP contribution in [-0.2, 0) is 12.8 Å². The molecule has 6 nitrogen and oxygen atoms in total. The molecule has 2 aromatic heterocycles. The molecule has 2 aromatic rings. The molecule has 0 bridgehead atoms. The Bertz CT molecular complexity index is 767. The number of hydrogen-bond donors (Lipinski definition) is 0. The quantitative estimate of drug-likeness (QED) is 0.490. The number of nitriles is 1. The highest BCUT2D eigenvalue weighted by Gasteiger charge is 2.20. The van der Waals surface area contributed by atoms with E-state index in [9.17, 15) is 15.4 Å². The van der Waals surface area contributed by atoms with Gasteiger partial charge in [0.1, 0.15) is 16.0 Å². The third kappa shape index (κ3) is 2.58. The molecule has 21 heavy (non-hydrogen) atoms. The Hall–Kier alpha value is -2.46. The first-order valence-electron chi connectivity index (χ1n) is 6.52. The second kappa shape index (κ2) is 5.50. The highest BCUT2D eigenvalue weighted by molar-refractivity contribution is 7.16. The number of furan rings is 1. The summed E-state index contributed by atoms with van der Waals surface area (Å²) in [6.45, 7) is 0. The number of aliphatic imine (C=N–C) groups is 1. The number of nitro groups is 1. The molecule has 0 amide bonds. The van der Waals surface area contributed by atoms with Crippen LogP contribution < -0.4 is 0 Å². The van der Waals surface area contributed by atoms with E-state index in [0.29, 0.717) is 16.3 Å². The van der Waals surface area contributed by atoms with Gasteiger partial charge in [-0.05, 0) is 37.3 Å². The van der Waals surface area contributed by atoms with Crippen molar-refractivity contribution in [2.45, 2.75) is 25.7 Å². The predicted molar refractivity (Wildman–Crippen MR) is 78.3 cm³/mol. The van der Waals surface area contributed by atoms with Gasteiger partial charge in [-0.3, -0.25) is 10.1 Å². The van der Waals surface area contributed by atoms with E-state index in [1.807, 2.05) is 0 Å². The first-order chi connectivity index (χ1) is 10.2. The summed E-state index contributed by atoms with van der Waals surface area (Å²) in [6, 6.07) is 4.99. The minimum absolute atomic E-state index is 0.303. The second-order valence-electron chi connectivity index (χ2n) is 4.69. The summed E-state index contributed by atoms with van der Waals surface area (Å²) in [6.07, 6.45) is 5.59. The molecular formula is C14H11N3O3S. The first-order valence-corrected chi connectivity index (χ1v) is 7.33. The van der Waals surface area contributed by atoms with E-state index < -0.39 is 4.92 Å². The zero-order valence-electron chi connectivity index (χ0n) is 11.0. The lowest BCUT2D eigenvalue weighted by atomic mass is 9.96. The molecule has 3 rings (SSSR count). The normalized spacial score (nSPS) is 14.0. The predicted octanol–water partition coefficient (Wildman–Crippen LogP) is 3.75. The average molecular weight is 301 g/mol. The summed E-state index contributed by atoms with van der Waals surface area (Å²) in [5.74, 6) is -0.0145.